The number of fused-ring (bicyclic) bond motifs is 1. The lowest BCUT2D eigenvalue weighted by atomic mass is 9.99. The van der Waals surface area contributed by atoms with E-state index in [2.05, 4.69) is 0 Å². The molecule has 1 aromatic heterocycles. The summed E-state index contributed by atoms with van der Waals surface area (Å²) >= 11 is 0. The van der Waals surface area contributed by atoms with Crippen molar-refractivity contribution in [2.45, 2.75) is 39.7 Å². The molecule has 21 heavy (non-hydrogen) atoms. The van der Waals surface area contributed by atoms with E-state index in [4.69, 9.17) is 5.73 Å². The Bertz CT molecular complexity index is 848. The van der Waals surface area contributed by atoms with Crippen molar-refractivity contribution in [3.8, 4) is 0 Å². The van der Waals surface area contributed by atoms with E-state index in [1.54, 1.807) is 13.1 Å². The molecule has 1 fully saturated rings. The van der Waals surface area contributed by atoms with Gasteiger partial charge >= 0.3 is 0 Å². The maximum atomic E-state index is 14.2. The molecule has 1 aliphatic rings. The van der Waals surface area contributed by atoms with Crippen LogP contribution in [0.15, 0.2) is 11.0 Å². The zero-order chi connectivity index (χ0) is 15.5. The Morgan fingerprint density at radius 2 is 1.95 bits per heavy atom. The van der Waals surface area contributed by atoms with E-state index in [1.807, 2.05) is 4.57 Å². The molecular weight excluding hydrogens is 271 g/mol. The van der Waals surface area contributed by atoms with Gasteiger partial charge in [0.2, 0.25) is 5.43 Å². The Labute approximate surface area is 121 Å². The van der Waals surface area contributed by atoms with Crippen LogP contribution in [0.2, 0.25) is 0 Å². The van der Waals surface area contributed by atoms with Crippen LogP contribution in [0.1, 0.15) is 47.3 Å². The number of pyridine rings is 1. The molecule has 0 radical (unpaired) electrons. The van der Waals surface area contributed by atoms with Gasteiger partial charge in [0.1, 0.15) is 5.82 Å². The van der Waals surface area contributed by atoms with Crippen LogP contribution in [0.4, 0.5) is 10.1 Å². The Hall–Kier alpha value is -2.17. The number of nitrogen functional groups attached to an aromatic ring is 1. The number of aromatic nitrogens is 1. The first-order valence-corrected chi connectivity index (χ1v) is 6.98. The van der Waals surface area contributed by atoms with Gasteiger partial charge in [0, 0.05) is 17.8 Å². The zero-order valence-electron chi connectivity index (χ0n) is 12.3. The molecule has 1 saturated carbocycles. The molecule has 5 heteroatoms. The summed E-state index contributed by atoms with van der Waals surface area (Å²) in [7, 11) is 0. The lowest BCUT2D eigenvalue weighted by Crippen LogP contribution is -2.20. The lowest BCUT2D eigenvalue weighted by molar-refractivity contribution is 0.101. The van der Waals surface area contributed by atoms with Crippen molar-refractivity contribution in [2.24, 2.45) is 0 Å². The minimum absolute atomic E-state index is 0.0735. The number of aryl methyl sites for hydroxylation is 2. The number of nitrogens with zero attached hydrogens (tertiary/aromatic N) is 1. The Morgan fingerprint density at radius 3 is 2.48 bits per heavy atom. The predicted molar refractivity (Wildman–Crippen MR) is 80.3 cm³/mol. The molecule has 3 rings (SSSR count). The summed E-state index contributed by atoms with van der Waals surface area (Å²) in [5.74, 6) is -0.870. The molecular formula is C16H17FN2O2. The number of halogens is 1. The quantitative estimate of drug-likeness (QED) is 0.682. The fourth-order valence-electron chi connectivity index (χ4n) is 2.86. The van der Waals surface area contributed by atoms with Crippen molar-refractivity contribution in [3.05, 3.63) is 38.9 Å². The number of rotatable bonds is 2. The van der Waals surface area contributed by atoms with Gasteiger partial charge in [-0.2, -0.15) is 0 Å². The molecule has 0 atom stereocenters. The van der Waals surface area contributed by atoms with E-state index >= 15 is 0 Å². The lowest BCUT2D eigenvalue weighted by Gasteiger charge is -2.17. The summed E-state index contributed by atoms with van der Waals surface area (Å²) in [6, 6.07) is 0.258. The van der Waals surface area contributed by atoms with Gasteiger partial charge in [0.15, 0.2) is 5.78 Å². The van der Waals surface area contributed by atoms with Crippen LogP contribution >= 0.6 is 0 Å². The van der Waals surface area contributed by atoms with E-state index in [1.165, 1.54) is 13.8 Å². The first-order chi connectivity index (χ1) is 9.84. The number of carbonyl (C=O) groups is 1. The second kappa shape index (κ2) is 4.41. The van der Waals surface area contributed by atoms with Crippen molar-refractivity contribution >= 4 is 22.4 Å². The van der Waals surface area contributed by atoms with Crippen LogP contribution in [0.5, 0.6) is 0 Å². The molecule has 0 amide bonds. The molecule has 2 aromatic rings. The highest BCUT2D eigenvalue weighted by molar-refractivity contribution is 5.99. The fraction of sp³-hybridized carbons (Fsp3) is 0.375. The summed E-state index contributed by atoms with van der Waals surface area (Å²) in [4.78, 5) is 24.3. The van der Waals surface area contributed by atoms with Gasteiger partial charge in [0.25, 0.3) is 0 Å². The topological polar surface area (TPSA) is 65.1 Å². The van der Waals surface area contributed by atoms with E-state index in [-0.39, 0.29) is 34.0 Å². The highest BCUT2D eigenvalue weighted by Gasteiger charge is 2.28. The molecule has 0 aliphatic heterocycles. The first-order valence-electron chi connectivity index (χ1n) is 6.98. The number of hydrogen-bond acceptors (Lipinski definition) is 3. The van der Waals surface area contributed by atoms with Crippen LogP contribution in [-0.4, -0.2) is 10.4 Å². The summed E-state index contributed by atoms with van der Waals surface area (Å²) in [6.45, 7) is 4.61. The second-order valence-corrected chi connectivity index (χ2v) is 5.77. The van der Waals surface area contributed by atoms with Crippen molar-refractivity contribution in [1.29, 1.82) is 0 Å². The number of Topliss-reactive ketones (excluding diaryl/α,β-unsaturated/α-hetero) is 1. The van der Waals surface area contributed by atoms with Gasteiger partial charge in [-0.1, -0.05) is 0 Å². The third kappa shape index (κ3) is 1.87. The number of ketones is 1. The normalized spacial score (nSPS) is 14.7. The zero-order valence-corrected chi connectivity index (χ0v) is 12.3. The average molecular weight is 288 g/mol. The Morgan fingerprint density at radius 1 is 1.33 bits per heavy atom. The van der Waals surface area contributed by atoms with Gasteiger partial charge in [-0.15, -0.1) is 0 Å². The van der Waals surface area contributed by atoms with E-state index in [0.717, 1.165) is 12.8 Å². The third-order valence-electron chi connectivity index (χ3n) is 4.25. The van der Waals surface area contributed by atoms with E-state index < -0.39 is 11.2 Å². The van der Waals surface area contributed by atoms with Crippen molar-refractivity contribution in [3.63, 3.8) is 0 Å². The molecule has 0 bridgehead atoms. The average Bonchev–Trinajstić information content (AvgIpc) is 3.26. The van der Waals surface area contributed by atoms with Gasteiger partial charge in [0.05, 0.1) is 22.2 Å². The molecule has 4 nitrogen and oxygen atoms in total. The maximum absolute atomic E-state index is 14.2. The molecule has 0 unspecified atom stereocenters. The Balaban J connectivity index is 2.59. The van der Waals surface area contributed by atoms with Crippen molar-refractivity contribution < 1.29 is 9.18 Å². The molecule has 110 valence electrons. The van der Waals surface area contributed by atoms with Crippen molar-refractivity contribution in [1.82, 2.24) is 4.57 Å². The molecule has 1 aliphatic carbocycles. The minimum atomic E-state index is -0.569. The van der Waals surface area contributed by atoms with E-state index in [0.29, 0.717) is 11.1 Å². The highest BCUT2D eigenvalue weighted by atomic mass is 19.1. The Kier molecular flexibility index (Phi) is 2.90. The van der Waals surface area contributed by atoms with Crippen LogP contribution in [0, 0.1) is 19.7 Å². The number of carbonyl (C=O) groups excluding carboxylic acids is 1. The second-order valence-electron chi connectivity index (χ2n) is 5.77. The largest absolute Gasteiger partial charge is 0.396 e. The molecule has 0 spiro atoms. The van der Waals surface area contributed by atoms with Crippen LogP contribution in [0.3, 0.4) is 0 Å². The number of anilines is 1. The van der Waals surface area contributed by atoms with Gasteiger partial charge in [-0.3, -0.25) is 9.59 Å². The summed E-state index contributed by atoms with van der Waals surface area (Å²) in [5.41, 5.74) is 7.04. The SMILES string of the molecule is CC(=O)c1cn(C2CC2)c2c(C)c(N)c(F)c(C)c2c1=O. The maximum Gasteiger partial charge on any atom is 0.200 e. The number of benzene rings is 1. The summed E-state index contributed by atoms with van der Waals surface area (Å²) in [6.07, 6.45) is 3.59. The highest BCUT2D eigenvalue weighted by Crippen LogP contribution is 2.39. The molecule has 2 N–H and O–H groups in total. The van der Waals surface area contributed by atoms with Crippen LogP contribution < -0.4 is 11.2 Å². The third-order valence-corrected chi connectivity index (χ3v) is 4.25. The monoisotopic (exact) mass is 288 g/mol. The van der Waals surface area contributed by atoms with Gasteiger partial charge in [-0.25, -0.2) is 4.39 Å². The summed E-state index contributed by atoms with van der Waals surface area (Å²) in [5, 5.41) is 0.277. The fourth-order valence-corrected chi connectivity index (χ4v) is 2.86. The molecule has 1 heterocycles. The van der Waals surface area contributed by atoms with Gasteiger partial charge in [-0.05, 0) is 39.2 Å². The molecule has 0 saturated heterocycles. The van der Waals surface area contributed by atoms with Gasteiger partial charge < -0.3 is 10.3 Å². The summed E-state index contributed by atoms with van der Waals surface area (Å²) < 4.78 is 16.1. The van der Waals surface area contributed by atoms with Crippen molar-refractivity contribution in [2.75, 3.05) is 5.73 Å². The minimum Gasteiger partial charge on any atom is -0.396 e. The smallest absolute Gasteiger partial charge is 0.200 e. The molecule has 1 aromatic carbocycles. The predicted octanol–water partition coefficient (Wildman–Crippen LogP) is 2.88. The standard InChI is InChI=1S/C16H17FN2O2/c1-7-12-15(8(2)14(18)13(7)17)19(10-4-5-10)6-11(9(3)20)16(12)21/h6,10H,4-5,18H2,1-3H3. The number of nitrogens with two attached hydrogens (primary N) is 1. The number of hydrogen-bond donors (Lipinski definition) is 1. The van der Waals surface area contributed by atoms with Crippen LogP contribution in [-0.2, 0) is 0 Å². The first kappa shape index (κ1) is 13.8. The van der Waals surface area contributed by atoms with Crippen LogP contribution in [0.25, 0.3) is 10.9 Å². The van der Waals surface area contributed by atoms with E-state index in [9.17, 15) is 14.0 Å².